The van der Waals surface area contributed by atoms with Crippen molar-refractivity contribution in [1.29, 1.82) is 0 Å². The SMILES string of the molecule is CCCOc1ccc(C(=O)NCCCOCc2ccco2)cc1OCC. The summed E-state index contributed by atoms with van der Waals surface area (Å²) in [4.78, 5) is 12.3. The van der Waals surface area contributed by atoms with Gasteiger partial charge in [-0.15, -0.1) is 0 Å². The Morgan fingerprint density at radius 1 is 1.12 bits per heavy atom. The zero-order valence-electron chi connectivity index (χ0n) is 15.5. The summed E-state index contributed by atoms with van der Waals surface area (Å²) in [6.07, 6.45) is 3.26. The van der Waals surface area contributed by atoms with Gasteiger partial charge in [0.1, 0.15) is 12.4 Å². The van der Waals surface area contributed by atoms with Gasteiger partial charge in [-0.2, -0.15) is 0 Å². The summed E-state index contributed by atoms with van der Waals surface area (Å²) in [5.74, 6) is 1.91. The molecule has 0 aliphatic heterocycles. The Labute approximate surface area is 154 Å². The van der Waals surface area contributed by atoms with E-state index in [4.69, 9.17) is 18.6 Å². The molecule has 1 heterocycles. The number of hydrogen-bond acceptors (Lipinski definition) is 5. The Morgan fingerprint density at radius 3 is 2.73 bits per heavy atom. The summed E-state index contributed by atoms with van der Waals surface area (Å²) in [6.45, 7) is 6.60. The summed E-state index contributed by atoms with van der Waals surface area (Å²) >= 11 is 0. The smallest absolute Gasteiger partial charge is 0.251 e. The minimum atomic E-state index is -0.140. The van der Waals surface area contributed by atoms with Crippen LogP contribution in [0.4, 0.5) is 0 Å². The predicted octanol–water partition coefficient (Wildman–Crippen LogP) is 3.80. The van der Waals surface area contributed by atoms with Gasteiger partial charge in [0.05, 0.1) is 19.5 Å². The fourth-order valence-corrected chi connectivity index (χ4v) is 2.29. The average Bonchev–Trinajstić information content (AvgIpc) is 3.17. The zero-order chi connectivity index (χ0) is 18.6. The summed E-state index contributed by atoms with van der Waals surface area (Å²) in [7, 11) is 0. The lowest BCUT2D eigenvalue weighted by molar-refractivity contribution is 0.0916. The first-order chi connectivity index (χ1) is 12.7. The zero-order valence-corrected chi connectivity index (χ0v) is 15.5. The maximum atomic E-state index is 12.3. The molecular weight excluding hydrogens is 334 g/mol. The summed E-state index contributed by atoms with van der Waals surface area (Å²) in [5.41, 5.74) is 0.550. The van der Waals surface area contributed by atoms with Crippen LogP contribution in [0.1, 0.15) is 42.8 Å². The first kappa shape index (κ1) is 19.8. The Hall–Kier alpha value is -2.47. The van der Waals surface area contributed by atoms with Crippen LogP contribution in [-0.4, -0.2) is 32.3 Å². The highest BCUT2D eigenvalue weighted by Crippen LogP contribution is 2.28. The van der Waals surface area contributed by atoms with Gasteiger partial charge in [-0.1, -0.05) is 6.92 Å². The van der Waals surface area contributed by atoms with Crippen LogP contribution in [0, 0.1) is 0 Å². The molecule has 0 aliphatic carbocycles. The molecule has 0 bridgehead atoms. The van der Waals surface area contributed by atoms with Crippen LogP contribution in [0.15, 0.2) is 41.0 Å². The van der Waals surface area contributed by atoms with Crippen molar-refractivity contribution in [2.75, 3.05) is 26.4 Å². The van der Waals surface area contributed by atoms with Crippen LogP contribution in [0.5, 0.6) is 11.5 Å². The molecule has 6 heteroatoms. The second kappa shape index (κ2) is 11.2. The fourth-order valence-electron chi connectivity index (χ4n) is 2.29. The van der Waals surface area contributed by atoms with E-state index in [1.54, 1.807) is 24.5 Å². The number of hydrogen-bond donors (Lipinski definition) is 1. The number of rotatable bonds is 12. The van der Waals surface area contributed by atoms with Gasteiger partial charge >= 0.3 is 0 Å². The lowest BCUT2D eigenvalue weighted by Crippen LogP contribution is -2.25. The number of amides is 1. The molecule has 0 spiro atoms. The minimum Gasteiger partial charge on any atom is -0.490 e. The number of furan rings is 1. The van der Waals surface area contributed by atoms with Crippen LogP contribution in [0.25, 0.3) is 0 Å². The van der Waals surface area contributed by atoms with Crippen molar-refractivity contribution in [1.82, 2.24) is 5.32 Å². The Balaban J connectivity index is 1.76. The summed E-state index contributed by atoms with van der Waals surface area (Å²) < 4.78 is 21.9. The highest BCUT2D eigenvalue weighted by molar-refractivity contribution is 5.94. The highest BCUT2D eigenvalue weighted by Gasteiger charge is 2.11. The molecule has 0 fully saturated rings. The van der Waals surface area contributed by atoms with E-state index in [-0.39, 0.29) is 5.91 Å². The van der Waals surface area contributed by atoms with Crippen molar-refractivity contribution < 1.29 is 23.4 Å². The van der Waals surface area contributed by atoms with Crippen molar-refractivity contribution >= 4 is 5.91 Å². The van der Waals surface area contributed by atoms with Gasteiger partial charge in [-0.25, -0.2) is 0 Å². The molecular formula is C20H27NO5. The van der Waals surface area contributed by atoms with E-state index >= 15 is 0 Å². The molecule has 26 heavy (non-hydrogen) atoms. The molecule has 0 radical (unpaired) electrons. The highest BCUT2D eigenvalue weighted by atomic mass is 16.5. The maximum absolute atomic E-state index is 12.3. The van der Waals surface area contributed by atoms with E-state index < -0.39 is 0 Å². The molecule has 142 valence electrons. The molecule has 6 nitrogen and oxygen atoms in total. The van der Waals surface area contributed by atoms with E-state index in [2.05, 4.69) is 5.32 Å². The van der Waals surface area contributed by atoms with E-state index in [0.717, 1.165) is 18.6 Å². The molecule has 0 aliphatic rings. The van der Waals surface area contributed by atoms with Gasteiger partial charge in [0, 0.05) is 18.7 Å². The number of ether oxygens (including phenoxy) is 3. The van der Waals surface area contributed by atoms with Gasteiger partial charge < -0.3 is 23.9 Å². The Bertz CT molecular complexity index is 654. The van der Waals surface area contributed by atoms with Crippen LogP contribution >= 0.6 is 0 Å². The van der Waals surface area contributed by atoms with Crippen molar-refractivity contribution in [3.05, 3.63) is 47.9 Å². The average molecular weight is 361 g/mol. The minimum absolute atomic E-state index is 0.140. The van der Waals surface area contributed by atoms with Crippen molar-refractivity contribution in [2.24, 2.45) is 0 Å². The monoisotopic (exact) mass is 361 g/mol. The molecule has 0 saturated heterocycles. The molecule has 1 N–H and O–H groups in total. The van der Waals surface area contributed by atoms with Crippen LogP contribution in [-0.2, 0) is 11.3 Å². The number of benzene rings is 1. The van der Waals surface area contributed by atoms with E-state index in [1.165, 1.54) is 0 Å². The van der Waals surface area contributed by atoms with Crippen LogP contribution in [0.3, 0.4) is 0 Å². The molecule has 2 aromatic rings. The van der Waals surface area contributed by atoms with Crippen molar-refractivity contribution in [2.45, 2.75) is 33.3 Å². The Morgan fingerprint density at radius 2 is 2.00 bits per heavy atom. The van der Waals surface area contributed by atoms with E-state index in [1.807, 2.05) is 26.0 Å². The van der Waals surface area contributed by atoms with Crippen molar-refractivity contribution in [3.8, 4) is 11.5 Å². The van der Waals surface area contributed by atoms with Gasteiger partial charge in [0.2, 0.25) is 0 Å². The van der Waals surface area contributed by atoms with Gasteiger partial charge in [0.15, 0.2) is 11.5 Å². The largest absolute Gasteiger partial charge is 0.490 e. The lowest BCUT2D eigenvalue weighted by Gasteiger charge is -2.13. The van der Waals surface area contributed by atoms with Crippen LogP contribution < -0.4 is 14.8 Å². The lowest BCUT2D eigenvalue weighted by atomic mass is 10.2. The maximum Gasteiger partial charge on any atom is 0.251 e. The van der Waals surface area contributed by atoms with Crippen LogP contribution in [0.2, 0.25) is 0 Å². The number of carbonyl (C=O) groups is 1. The molecule has 1 aromatic carbocycles. The summed E-state index contributed by atoms with van der Waals surface area (Å²) in [5, 5.41) is 2.89. The predicted molar refractivity (Wildman–Crippen MR) is 98.7 cm³/mol. The topological polar surface area (TPSA) is 69.9 Å². The quantitative estimate of drug-likeness (QED) is 0.582. The number of nitrogens with one attached hydrogen (secondary N) is 1. The van der Waals surface area contributed by atoms with E-state index in [9.17, 15) is 4.79 Å². The second-order valence-electron chi connectivity index (χ2n) is 5.68. The first-order valence-electron chi connectivity index (χ1n) is 9.02. The second-order valence-corrected chi connectivity index (χ2v) is 5.68. The molecule has 1 amide bonds. The van der Waals surface area contributed by atoms with Gasteiger partial charge in [0.25, 0.3) is 5.91 Å². The van der Waals surface area contributed by atoms with Crippen molar-refractivity contribution in [3.63, 3.8) is 0 Å². The fraction of sp³-hybridized carbons (Fsp3) is 0.450. The molecule has 2 rings (SSSR count). The molecule has 0 atom stereocenters. The molecule has 1 aromatic heterocycles. The molecule has 0 unspecified atom stereocenters. The number of carbonyl (C=O) groups excluding carboxylic acids is 1. The van der Waals surface area contributed by atoms with Gasteiger partial charge in [-0.3, -0.25) is 4.79 Å². The molecule has 0 saturated carbocycles. The Kier molecular flexibility index (Phi) is 8.55. The van der Waals surface area contributed by atoms with E-state index in [0.29, 0.717) is 50.0 Å². The third-order valence-electron chi connectivity index (χ3n) is 3.54. The summed E-state index contributed by atoms with van der Waals surface area (Å²) in [6, 6.07) is 8.94. The third kappa shape index (κ3) is 6.44. The first-order valence-corrected chi connectivity index (χ1v) is 9.02. The van der Waals surface area contributed by atoms with Gasteiger partial charge in [-0.05, 0) is 50.1 Å². The third-order valence-corrected chi connectivity index (χ3v) is 3.54. The normalized spacial score (nSPS) is 10.5. The standard InChI is InChI=1S/C20H27NO5/c1-3-11-26-18-9-8-16(14-19(18)24-4-2)20(22)21-10-6-12-23-15-17-7-5-13-25-17/h5,7-9,13-14H,3-4,6,10-12,15H2,1-2H3,(H,21,22).